The predicted octanol–water partition coefficient (Wildman–Crippen LogP) is 2.12. The summed E-state index contributed by atoms with van der Waals surface area (Å²) in [7, 11) is 1.88. The Balaban J connectivity index is 3.14. The molecule has 0 fully saturated rings. The summed E-state index contributed by atoms with van der Waals surface area (Å²) in [4.78, 5) is 8.75. The van der Waals surface area contributed by atoms with Crippen LogP contribution in [-0.2, 0) is 5.41 Å². The second kappa shape index (κ2) is 3.32. The zero-order valence-corrected chi connectivity index (χ0v) is 8.97. The van der Waals surface area contributed by atoms with Crippen LogP contribution in [-0.4, -0.2) is 17.0 Å². The van der Waals surface area contributed by atoms with Gasteiger partial charge in [-0.2, -0.15) is 0 Å². The second-order valence-corrected chi connectivity index (χ2v) is 4.23. The highest BCUT2D eigenvalue weighted by Gasteiger charge is 2.17. The Morgan fingerprint density at radius 3 is 2.38 bits per heavy atom. The molecule has 0 atom stereocenters. The van der Waals surface area contributed by atoms with Crippen LogP contribution >= 0.6 is 0 Å². The van der Waals surface area contributed by atoms with E-state index in [1.54, 1.807) is 0 Å². The average Bonchev–Trinajstić information content (AvgIpc) is 2.03. The molecule has 1 aromatic rings. The van der Waals surface area contributed by atoms with Crippen molar-refractivity contribution in [2.75, 3.05) is 12.4 Å². The topological polar surface area (TPSA) is 37.8 Å². The first-order chi connectivity index (χ1) is 5.95. The molecule has 1 aromatic heterocycles. The maximum Gasteiger partial charge on any atom is 0.135 e. The van der Waals surface area contributed by atoms with E-state index in [1.165, 1.54) is 0 Å². The SMILES string of the molecule is CNc1nc(C(C)(C)C)ncc1C. The maximum absolute atomic E-state index is 4.44. The Kier molecular flexibility index (Phi) is 2.55. The van der Waals surface area contributed by atoms with Gasteiger partial charge in [0, 0.05) is 24.2 Å². The average molecular weight is 179 g/mol. The summed E-state index contributed by atoms with van der Waals surface area (Å²) < 4.78 is 0. The number of hydrogen-bond donors (Lipinski definition) is 1. The van der Waals surface area contributed by atoms with Crippen LogP contribution < -0.4 is 5.32 Å². The number of aryl methyl sites for hydroxylation is 1. The molecule has 0 bridgehead atoms. The van der Waals surface area contributed by atoms with E-state index >= 15 is 0 Å². The van der Waals surface area contributed by atoms with E-state index in [2.05, 4.69) is 36.1 Å². The van der Waals surface area contributed by atoms with Gasteiger partial charge in [0.2, 0.25) is 0 Å². The maximum atomic E-state index is 4.44. The Hall–Kier alpha value is -1.12. The van der Waals surface area contributed by atoms with E-state index in [1.807, 2.05) is 20.2 Å². The molecule has 0 spiro atoms. The molecule has 0 aliphatic heterocycles. The highest BCUT2D eigenvalue weighted by molar-refractivity contribution is 5.41. The molecule has 0 aliphatic rings. The number of rotatable bonds is 1. The van der Waals surface area contributed by atoms with E-state index in [4.69, 9.17) is 0 Å². The molecule has 72 valence electrons. The van der Waals surface area contributed by atoms with Gasteiger partial charge >= 0.3 is 0 Å². The summed E-state index contributed by atoms with van der Waals surface area (Å²) in [5.41, 5.74) is 1.09. The van der Waals surface area contributed by atoms with Gasteiger partial charge in [0.05, 0.1) is 0 Å². The molecule has 0 aliphatic carbocycles. The number of aromatic nitrogens is 2. The van der Waals surface area contributed by atoms with Crippen molar-refractivity contribution in [1.82, 2.24) is 9.97 Å². The molecule has 1 heterocycles. The molecule has 13 heavy (non-hydrogen) atoms. The molecule has 0 unspecified atom stereocenters. The summed E-state index contributed by atoms with van der Waals surface area (Å²) in [5.74, 6) is 1.79. The molecular formula is C10H17N3. The Morgan fingerprint density at radius 2 is 1.92 bits per heavy atom. The van der Waals surface area contributed by atoms with E-state index in [0.717, 1.165) is 17.2 Å². The zero-order chi connectivity index (χ0) is 10.1. The van der Waals surface area contributed by atoms with Gasteiger partial charge in [0.25, 0.3) is 0 Å². The zero-order valence-electron chi connectivity index (χ0n) is 8.97. The van der Waals surface area contributed by atoms with Gasteiger partial charge in [-0.1, -0.05) is 20.8 Å². The summed E-state index contributed by atoms with van der Waals surface area (Å²) in [6, 6.07) is 0. The van der Waals surface area contributed by atoms with Crippen LogP contribution in [0.1, 0.15) is 32.2 Å². The summed E-state index contributed by atoms with van der Waals surface area (Å²) in [6.07, 6.45) is 1.86. The lowest BCUT2D eigenvalue weighted by Crippen LogP contribution is -2.17. The highest BCUT2D eigenvalue weighted by atomic mass is 15.0. The quantitative estimate of drug-likeness (QED) is 0.717. The van der Waals surface area contributed by atoms with Crippen molar-refractivity contribution in [3.05, 3.63) is 17.6 Å². The normalized spacial score (nSPS) is 11.5. The molecule has 0 saturated heterocycles. The standard InChI is InChI=1S/C10H17N3/c1-7-6-12-9(10(2,3)4)13-8(7)11-5/h6H,1-5H3,(H,11,12,13). The molecule has 3 heteroatoms. The predicted molar refractivity (Wildman–Crippen MR) is 55.0 cm³/mol. The fraction of sp³-hybridized carbons (Fsp3) is 0.600. The first kappa shape index (κ1) is 9.96. The molecule has 0 radical (unpaired) electrons. The lowest BCUT2D eigenvalue weighted by Gasteiger charge is -2.17. The van der Waals surface area contributed by atoms with E-state index in [-0.39, 0.29) is 5.41 Å². The second-order valence-electron chi connectivity index (χ2n) is 4.23. The minimum Gasteiger partial charge on any atom is -0.373 e. The molecule has 0 amide bonds. The van der Waals surface area contributed by atoms with Crippen molar-refractivity contribution in [2.24, 2.45) is 0 Å². The molecule has 1 N–H and O–H groups in total. The van der Waals surface area contributed by atoms with Crippen LogP contribution in [0.5, 0.6) is 0 Å². The third-order valence-corrected chi connectivity index (χ3v) is 1.88. The van der Waals surface area contributed by atoms with Gasteiger partial charge in [0.1, 0.15) is 11.6 Å². The lowest BCUT2D eigenvalue weighted by molar-refractivity contribution is 0.545. The number of nitrogens with one attached hydrogen (secondary N) is 1. The van der Waals surface area contributed by atoms with Crippen molar-refractivity contribution >= 4 is 5.82 Å². The minimum absolute atomic E-state index is 0.0132. The van der Waals surface area contributed by atoms with Crippen LogP contribution in [0.15, 0.2) is 6.20 Å². The summed E-state index contributed by atoms with van der Waals surface area (Å²) in [5, 5.41) is 3.06. The fourth-order valence-corrected chi connectivity index (χ4v) is 1.06. The molecule has 1 rings (SSSR count). The molecule has 0 saturated carbocycles. The van der Waals surface area contributed by atoms with Gasteiger partial charge in [-0.05, 0) is 6.92 Å². The fourth-order valence-electron chi connectivity index (χ4n) is 1.06. The Bertz CT molecular complexity index is 300. The smallest absolute Gasteiger partial charge is 0.135 e. The third kappa shape index (κ3) is 2.17. The van der Waals surface area contributed by atoms with Crippen LogP contribution in [0.3, 0.4) is 0 Å². The van der Waals surface area contributed by atoms with Crippen molar-refractivity contribution in [2.45, 2.75) is 33.1 Å². The van der Waals surface area contributed by atoms with E-state index in [9.17, 15) is 0 Å². The third-order valence-electron chi connectivity index (χ3n) is 1.88. The monoisotopic (exact) mass is 179 g/mol. The summed E-state index contributed by atoms with van der Waals surface area (Å²) >= 11 is 0. The van der Waals surface area contributed by atoms with Gasteiger partial charge in [-0.25, -0.2) is 9.97 Å². The lowest BCUT2D eigenvalue weighted by atomic mass is 9.95. The first-order valence-corrected chi connectivity index (χ1v) is 4.47. The number of anilines is 1. The van der Waals surface area contributed by atoms with Crippen molar-refractivity contribution < 1.29 is 0 Å². The highest BCUT2D eigenvalue weighted by Crippen LogP contribution is 2.20. The number of hydrogen-bond acceptors (Lipinski definition) is 3. The van der Waals surface area contributed by atoms with Gasteiger partial charge in [-0.3, -0.25) is 0 Å². The van der Waals surface area contributed by atoms with Gasteiger partial charge in [-0.15, -0.1) is 0 Å². The Morgan fingerprint density at radius 1 is 1.31 bits per heavy atom. The largest absolute Gasteiger partial charge is 0.373 e. The van der Waals surface area contributed by atoms with Gasteiger partial charge < -0.3 is 5.32 Å². The van der Waals surface area contributed by atoms with E-state index < -0.39 is 0 Å². The summed E-state index contributed by atoms with van der Waals surface area (Å²) in [6.45, 7) is 8.32. The van der Waals surface area contributed by atoms with Gasteiger partial charge in [0.15, 0.2) is 0 Å². The van der Waals surface area contributed by atoms with Crippen LogP contribution in [0.4, 0.5) is 5.82 Å². The van der Waals surface area contributed by atoms with Crippen molar-refractivity contribution in [1.29, 1.82) is 0 Å². The Labute approximate surface area is 79.6 Å². The molecule has 3 nitrogen and oxygen atoms in total. The van der Waals surface area contributed by atoms with E-state index in [0.29, 0.717) is 0 Å². The molecule has 0 aromatic carbocycles. The minimum atomic E-state index is 0.0132. The molecular weight excluding hydrogens is 162 g/mol. The first-order valence-electron chi connectivity index (χ1n) is 4.47. The van der Waals surface area contributed by atoms with Crippen LogP contribution in [0.2, 0.25) is 0 Å². The van der Waals surface area contributed by atoms with Crippen LogP contribution in [0.25, 0.3) is 0 Å². The number of nitrogens with zero attached hydrogens (tertiary/aromatic N) is 2. The van der Waals surface area contributed by atoms with Crippen molar-refractivity contribution in [3.8, 4) is 0 Å². The van der Waals surface area contributed by atoms with Crippen LogP contribution in [0, 0.1) is 6.92 Å². The van der Waals surface area contributed by atoms with Crippen molar-refractivity contribution in [3.63, 3.8) is 0 Å².